The molecule has 2 saturated carbocycles. The van der Waals surface area contributed by atoms with Crippen LogP contribution in [0.25, 0.3) is 0 Å². The van der Waals surface area contributed by atoms with Gasteiger partial charge in [-0.1, -0.05) is 6.92 Å². The first-order valence-electron chi connectivity index (χ1n) is 10.7. The molecule has 2 fully saturated rings. The molecule has 1 aromatic rings. The summed E-state index contributed by atoms with van der Waals surface area (Å²) in [5, 5.41) is 9.93. The molecule has 0 unspecified atom stereocenters. The fraction of sp³-hybridized carbons (Fsp3) is 0.652. The standard InChI is InChI=1S/C23H33NO5/c1-15-4-6-16(7-5-15)22(26)24(17-8-11-19(28-2)12-9-17)21-13-10-18(25)14-20(21)23(27)29-3/h10,13-17,19,25H,4-9,11-12H2,1-3H3. The van der Waals surface area contributed by atoms with Crippen molar-refractivity contribution in [2.24, 2.45) is 11.8 Å². The number of esters is 1. The summed E-state index contributed by atoms with van der Waals surface area (Å²) in [6, 6.07) is 4.62. The van der Waals surface area contributed by atoms with Crippen molar-refractivity contribution in [3.8, 4) is 5.75 Å². The van der Waals surface area contributed by atoms with Gasteiger partial charge in [0.1, 0.15) is 5.75 Å². The Hall–Kier alpha value is -2.08. The first-order valence-corrected chi connectivity index (χ1v) is 10.7. The summed E-state index contributed by atoms with van der Waals surface area (Å²) in [5.74, 6) is 0.163. The Morgan fingerprint density at radius 2 is 1.66 bits per heavy atom. The van der Waals surface area contributed by atoms with Gasteiger partial charge in [0.2, 0.25) is 5.91 Å². The lowest BCUT2D eigenvalue weighted by Crippen LogP contribution is -2.47. The van der Waals surface area contributed by atoms with Crippen molar-refractivity contribution in [2.75, 3.05) is 19.1 Å². The molecule has 0 radical (unpaired) electrons. The zero-order valence-electron chi connectivity index (χ0n) is 17.7. The van der Waals surface area contributed by atoms with E-state index in [1.54, 1.807) is 13.2 Å². The Kier molecular flexibility index (Phi) is 7.17. The number of phenols is 1. The molecule has 0 saturated heterocycles. The number of hydrogen-bond acceptors (Lipinski definition) is 5. The maximum Gasteiger partial charge on any atom is 0.340 e. The number of ether oxygens (including phenoxy) is 2. The number of methoxy groups -OCH3 is 2. The first-order chi connectivity index (χ1) is 13.9. The molecule has 0 bridgehead atoms. The van der Waals surface area contributed by atoms with Crippen LogP contribution in [0.15, 0.2) is 18.2 Å². The summed E-state index contributed by atoms with van der Waals surface area (Å²) in [6.07, 6.45) is 7.53. The lowest BCUT2D eigenvalue weighted by Gasteiger charge is -2.40. The molecular formula is C23H33NO5. The smallest absolute Gasteiger partial charge is 0.340 e. The van der Waals surface area contributed by atoms with E-state index in [2.05, 4.69) is 6.92 Å². The molecule has 0 aliphatic heterocycles. The van der Waals surface area contributed by atoms with Crippen molar-refractivity contribution in [3.05, 3.63) is 23.8 Å². The molecule has 0 spiro atoms. The summed E-state index contributed by atoms with van der Waals surface area (Å²) in [4.78, 5) is 27.9. The molecular weight excluding hydrogens is 370 g/mol. The molecule has 6 heteroatoms. The molecule has 6 nitrogen and oxygen atoms in total. The zero-order valence-corrected chi connectivity index (χ0v) is 17.7. The van der Waals surface area contributed by atoms with Gasteiger partial charge in [0.05, 0.1) is 24.5 Å². The third-order valence-electron chi connectivity index (χ3n) is 6.59. The van der Waals surface area contributed by atoms with Crippen LogP contribution in [0.2, 0.25) is 0 Å². The third-order valence-corrected chi connectivity index (χ3v) is 6.59. The van der Waals surface area contributed by atoms with Gasteiger partial charge in [-0.2, -0.15) is 0 Å². The highest BCUT2D eigenvalue weighted by atomic mass is 16.5. The normalized spacial score (nSPS) is 27.3. The molecule has 29 heavy (non-hydrogen) atoms. The van der Waals surface area contributed by atoms with Crippen LogP contribution in [0, 0.1) is 11.8 Å². The van der Waals surface area contributed by atoms with E-state index in [1.807, 2.05) is 4.90 Å². The molecule has 1 N–H and O–H groups in total. The molecule has 0 heterocycles. The Morgan fingerprint density at radius 3 is 2.24 bits per heavy atom. The second-order valence-corrected chi connectivity index (χ2v) is 8.52. The molecule has 2 aliphatic carbocycles. The second kappa shape index (κ2) is 9.61. The van der Waals surface area contributed by atoms with E-state index in [-0.39, 0.29) is 35.3 Å². The fourth-order valence-corrected chi connectivity index (χ4v) is 4.75. The van der Waals surface area contributed by atoms with Gasteiger partial charge in [-0.3, -0.25) is 4.79 Å². The minimum absolute atomic E-state index is 0.0150. The number of hydrogen-bond donors (Lipinski definition) is 1. The summed E-state index contributed by atoms with van der Waals surface area (Å²) in [5.41, 5.74) is 0.776. The number of benzene rings is 1. The van der Waals surface area contributed by atoms with Gasteiger partial charge in [0, 0.05) is 19.1 Å². The minimum atomic E-state index is -0.545. The summed E-state index contributed by atoms with van der Waals surface area (Å²) >= 11 is 0. The van der Waals surface area contributed by atoms with Crippen LogP contribution in [0.3, 0.4) is 0 Å². The topological polar surface area (TPSA) is 76.1 Å². The summed E-state index contributed by atoms with van der Waals surface area (Å²) < 4.78 is 10.4. The predicted octanol–water partition coefficient (Wildman–Crippen LogP) is 4.30. The maximum atomic E-state index is 13.7. The van der Waals surface area contributed by atoms with Crippen LogP contribution in [0.1, 0.15) is 68.6 Å². The van der Waals surface area contributed by atoms with E-state index in [0.29, 0.717) is 11.6 Å². The highest BCUT2D eigenvalue weighted by molar-refractivity contribution is 6.04. The SMILES string of the molecule is COC(=O)c1cc(O)ccc1N(C(=O)C1CCC(C)CC1)C1CCC(OC)CC1. The molecule has 1 aromatic carbocycles. The van der Waals surface area contributed by atoms with Gasteiger partial charge in [-0.15, -0.1) is 0 Å². The minimum Gasteiger partial charge on any atom is -0.508 e. The Bertz CT molecular complexity index is 718. The Balaban J connectivity index is 1.95. The number of aromatic hydroxyl groups is 1. The quantitative estimate of drug-likeness (QED) is 0.742. The number of rotatable bonds is 5. The molecule has 2 aliphatic rings. The summed E-state index contributed by atoms with van der Waals surface area (Å²) in [6.45, 7) is 2.24. The number of anilines is 1. The molecule has 160 valence electrons. The number of carbonyl (C=O) groups excluding carboxylic acids is 2. The molecule has 0 aromatic heterocycles. The highest BCUT2D eigenvalue weighted by Gasteiger charge is 2.36. The van der Waals surface area contributed by atoms with Gasteiger partial charge in [0.15, 0.2) is 0 Å². The number of amides is 1. The largest absolute Gasteiger partial charge is 0.508 e. The lowest BCUT2D eigenvalue weighted by atomic mass is 9.81. The van der Waals surface area contributed by atoms with Gasteiger partial charge in [0.25, 0.3) is 0 Å². The highest BCUT2D eigenvalue weighted by Crippen LogP contribution is 2.37. The molecule has 3 rings (SSSR count). The first kappa shape index (κ1) is 21.6. The van der Waals surface area contributed by atoms with Crippen molar-refractivity contribution in [1.29, 1.82) is 0 Å². The lowest BCUT2D eigenvalue weighted by molar-refractivity contribution is -0.124. The van der Waals surface area contributed by atoms with Crippen molar-refractivity contribution >= 4 is 17.6 Å². The second-order valence-electron chi connectivity index (χ2n) is 8.52. The molecule has 0 atom stereocenters. The number of nitrogens with zero attached hydrogens (tertiary/aromatic N) is 1. The average Bonchev–Trinajstić information content (AvgIpc) is 2.75. The average molecular weight is 404 g/mol. The van der Waals surface area contributed by atoms with Gasteiger partial charge in [-0.25, -0.2) is 4.79 Å². The van der Waals surface area contributed by atoms with Crippen LogP contribution in [0.5, 0.6) is 5.75 Å². The number of phenolic OH excluding ortho intramolecular Hbond substituents is 1. The Morgan fingerprint density at radius 1 is 1.00 bits per heavy atom. The van der Waals surface area contributed by atoms with E-state index in [0.717, 1.165) is 51.4 Å². The number of carbonyl (C=O) groups is 2. The van der Waals surface area contributed by atoms with Crippen LogP contribution in [0.4, 0.5) is 5.69 Å². The van der Waals surface area contributed by atoms with Crippen molar-refractivity contribution in [3.63, 3.8) is 0 Å². The van der Waals surface area contributed by atoms with Crippen molar-refractivity contribution < 1.29 is 24.2 Å². The van der Waals surface area contributed by atoms with E-state index in [4.69, 9.17) is 9.47 Å². The van der Waals surface area contributed by atoms with Crippen LogP contribution in [-0.4, -0.2) is 43.3 Å². The van der Waals surface area contributed by atoms with Crippen molar-refractivity contribution in [2.45, 2.75) is 70.4 Å². The van der Waals surface area contributed by atoms with E-state index in [9.17, 15) is 14.7 Å². The molecule has 1 amide bonds. The maximum absolute atomic E-state index is 13.7. The van der Waals surface area contributed by atoms with Crippen LogP contribution >= 0.6 is 0 Å². The van der Waals surface area contributed by atoms with Crippen LogP contribution in [-0.2, 0) is 14.3 Å². The predicted molar refractivity (Wildman–Crippen MR) is 111 cm³/mol. The van der Waals surface area contributed by atoms with Crippen molar-refractivity contribution in [1.82, 2.24) is 0 Å². The Labute approximate surface area is 173 Å². The third kappa shape index (κ3) is 4.92. The van der Waals surface area contributed by atoms with Gasteiger partial charge < -0.3 is 19.5 Å². The van der Waals surface area contributed by atoms with E-state index < -0.39 is 5.97 Å². The summed E-state index contributed by atoms with van der Waals surface area (Å²) in [7, 11) is 3.04. The van der Waals surface area contributed by atoms with E-state index in [1.165, 1.54) is 19.2 Å². The van der Waals surface area contributed by atoms with E-state index >= 15 is 0 Å². The fourth-order valence-electron chi connectivity index (χ4n) is 4.75. The zero-order chi connectivity index (χ0) is 21.0. The van der Waals surface area contributed by atoms with Crippen LogP contribution < -0.4 is 4.90 Å². The monoisotopic (exact) mass is 403 g/mol. The van der Waals surface area contributed by atoms with Gasteiger partial charge in [-0.05, 0) is 75.5 Å². The van der Waals surface area contributed by atoms with Gasteiger partial charge >= 0.3 is 5.97 Å².